The molecule has 0 aliphatic carbocycles. The first-order valence-corrected chi connectivity index (χ1v) is 9.65. The lowest BCUT2D eigenvalue weighted by atomic mass is 9.99. The van der Waals surface area contributed by atoms with Gasteiger partial charge in [-0.3, -0.25) is 9.69 Å². The monoisotopic (exact) mass is 407 g/mol. The zero-order valence-electron chi connectivity index (χ0n) is 16.3. The van der Waals surface area contributed by atoms with Gasteiger partial charge in [-0.25, -0.2) is 4.68 Å². The molecule has 1 fully saturated rings. The van der Waals surface area contributed by atoms with Gasteiger partial charge in [-0.2, -0.15) is 0 Å². The van der Waals surface area contributed by atoms with Gasteiger partial charge in [0, 0.05) is 18.2 Å². The quantitative estimate of drug-likeness (QED) is 0.512. The minimum Gasteiger partial charge on any atom is -0.497 e. The van der Waals surface area contributed by atoms with Gasteiger partial charge in [-0.05, 0) is 50.7 Å². The third-order valence-electron chi connectivity index (χ3n) is 4.66. The lowest BCUT2D eigenvalue weighted by molar-refractivity contribution is -0.150. The van der Waals surface area contributed by atoms with Crippen LogP contribution < -0.4 is 9.47 Å². The van der Waals surface area contributed by atoms with Crippen molar-refractivity contribution < 1.29 is 23.4 Å². The lowest BCUT2D eigenvalue weighted by Crippen LogP contribution is -2.40. The van der Waals surface area contributed by atoms with Crippen molar-refractivity contribution in [2.75, 3.05) is 33.9 Å². The van der Waals surface area contributed by atoms with E-state index in [1.54, 1.807) is 25.0 Å². The number of hydrogen-bond donors (Lipinski definition) is 0. The smallest absolute Gasteiger partial charge is 0.310 e. The van der Waals surface area contributed by atoms with E-state index < -0.39 is 0 Å². The van der Waals surface area contributed by atoms with E-state index in [1.807, 2.05) is 19.1 Å². The lowest BCUT2D eigenvalue weighted by Gasteiger charge is -2.30. The zero-order valence-corrected chi connectivity index (χ0v) is 17.2. The summed E-state index contributed by atoms with van der Waals surface area (Å²) in [6, 6.07) is 5.40. The number of methoxy groups -OCH3 is 2. The largest absolute Gasteiger partial charge is 0.497 e. The van der Waals surface area contributed by atoms with Crippen LogP contribution in [0.1, 0.15) is 19.8 Å². The molecule has 0 spiro atoms. The molecule has 0 unspecified atom stereocenters. The summed E-state index contributed by atoms with van der Waals surface area (Å²) < 4.78 is 23.1. The van der Waals surface area contributed by atoms with Crippen LogP contribution in [0.4, 0.5) is 0 Å². The molecule has 3 rings (SSSR count). The molecule has 1 aliphatic rings. The molecule has 1 aromatic heterocycles. The first kappa shape index (κ1) is 20.3. The van der Waals surface area contributed by atoms with Gasteiger partial charge in [-0.15, -0.1) is 5.10 Å². The van der Waals surface area contributed by atoms with Gasteiger partial charge in [0.15, 0.2) is 0 Å². The van der Waals surface area contributed by atoms with E-state index in [9.17, 15) is 4.79 Å². The molecule has 8 nitrogen and oxygen atoms in total. The highest BCUT2D eigenvalue weighted by Crippen LogP contribution is 2.29. The summed E-state index contributed by atoms with van der Waals surface area (Å²) in [7, 11) is 3.17. The number of likely N-dealkylation sites (tertiary alicyclic amines) is 1. The number of hydrogen-bond acceptors (Lipinski definition) is 8. The molecule has 2 heterocycles. The van der Waals surface area contributed by atoms with Gasteiger partial charge in [0.25, 0.3) is 4.84 Å². The normalized spacial score (nSPS) is 17.3. The second kappa shape index (κ2) is 9.20. The maximum atomic E-state index is 12.0. The number of carbonyl (C=O) groups is 1. The summed E-state index contributed by atoms with van der Waals surface area (Å²) >= 11 is 5.34. The van der Waals surface area contributed by atoms with Crippen LogP contribution in [0.2, 0.25) is 0 Å². The summed E-state index contributed by atoms with van der Waals surface area (Å²) in [5, 5.41) is 4.51. The van der Waals surface area contributed by atoms with Crippen LogP contribution in [0.15, 0.2) is 22.6 Å². The van der Waals surface area contributed by atoms with Gasteiger partial charge in [-0.1, -0.05) is 0 Å². The fourth-order valence-electron chi connectivity index (χ4n) is 3.27. The van der Waals surface area contributed by atoms with Crippen molar-refractivity contribution in [2.24, 2.45) is 5.92 Å². The maximum absolute atomic E-state index is 12.0. The average Bonchev–Trinajstić information content (AvgIpc) is 3.08. The molecule has 0 bridgehead atoms. The Balaban J connectivity index is 1.76. The van der Waals surface area contributed by atoms with Crippen molar-refractivity contribution in [1.82, 2.24) is 14.7 Å². The van der Waals surface area contributed by atoms with Crippen LogP contribution in [-0.2, 0) is 16.2 Å². The SMILES string of the molecule is CCOC(=O)[C@H]1CCCN(Cn2nc(-c3cc(OC)cc(OC)c3)oc2=S)C1. The van der Waals surface area contributed by atoms with Crippen molar-refractivity contribution in [2.45, 2.75) is 26.4 Å². The minimum absolute atomic E-state index is 0.114. The molecule has 0 radical (unpaired) electrons. The van der Waals surface area contributed by atoms with E-state index in [0.29, 0.717) is 42.8 Å². The third-order valence-corrected chi connectivity index (χ3v) is 4.96. The Morgan fingerprint density at radius 1 is 1.29 bits per heavy atom. The number of esters is 1. The maximum Gasteiger partial charge on any atom is 0.310 e. The Hall–Kier alpha value is -2.39. The Morgan fingerprint density at radius 3 is 2.64 bits per heavy atom. The van der Waals surface area contributed by atoms with E-state index >= 15 is 0 Å². The summed E-state index contributed by atoms with van der Waals surface area (Å²) in [6.45, 7) is 4.17. The minimum atomic E-state index is -0.139. The van der Waals surface area contributed by atoms with Crippen LogP contribution in [0.25, 0.3) is 11.5 Å². The second-order valence-electron chi connectivity index (χ2n) is 6.58. The highest BCUT2D eigenvalue weighted by molar-refractivity contribution is 7.71. The van der Waals surface area contributed by atoms with E-state index in [-0.39, 0.29) is 16.7 Å². The number of ether oxygens (including phenoxy) is 3. The van der Waals surface area contributed by atoms with Crippen molar-refractivity contribution in [3.63, 3.8) is 0 Å². The number of rotatable bonds is 7. The third kappa shape index (κ3) is 4.71. The molecule has 152 valence electrons. The molecule has 2 aromatic rings. The van der Waals surface area contributed by atoms with Crippen molar-refractivity contribution in [3.8, 4) is 23.0 Å². The van der Waals surface area contributed by atoms with E-state index in [4.69, 9.17) is 30.8 Å². The summed E-state index contributed by atoms with van der Waals surface area (Å²) in [6.07, 6.45) is 1.77. The van der Waals surface area contributed by atoms with Crippen molar-refractivity contribution in [3.05, 3.63) is 23.0 Å². The average molecular weight is 407 g/mol. The van der Waals surface area contributed by atoms with Gasteiger partial charge in [0.1, 0.15) is 11.5 Å². The topological polar surface area (TPSA) is 79.0 Å². The Labute approximate surface area is 169 Å². The summed E-state index contributed by atoms with van der Waals surface area (Å²) in [5.74, 6) is 1.41. The van der Waals surface area contributed by atoms with E-state index in [0.717, 1.165) is 19.4 Å². The Kier molecular flexibility index (Phi) is 6.69. The standard InChI is InChI=1S/C19H25N3O5S/c1-4-26-18(23)13-6-5-7-21(11-13)12-22-19(28)27-17(20-22)14-8-15(24-2)10-16(9-14)25-3/h8-10,13H,4-7,11-12H2,1-3H3/t13-/m0/s1. The van der Waals surface area contributed by atoms with Crippen LogP contribution in [0.3, 0.4) is 0 Å². The first-order valence-electron chi connectivity index (χ1n) is 9.24. The second-order valence-corrected chi connectivity index (χ2v) is 6.93. The summed E-state index contributed by atoms with van der Waals surface area (Å²) in [4.78, 5) is 14.5. The molecule has 0 saturated carbocycles. The van der Waals surface area contributed by atoms with Crippen LogP contribution in [-0.4, -0.2) is 54.6 Å². The highest BCUT2D eigenvalue weighted by Gasteiger charge is 2.27. The molecule has 0 amide bonds. The number of benzene rings is 1. The highest BCUT2D eigenvalue weighted by atomic mass is 32.1. The molecular formula is C19H25N3O5S. The van der Waals surface area contributed by atoms with Gasteiger partial charge < -0.3 is 18.6 Å². The van der Waals surface area contributed by atoms with Gasteiger partial charge >= 0.3 is 5.97 Å². The molecule has 9 heteroatoms. The zero-order chi connectivity index (χ0) is 20.1. The molecular weight excluding hydrogens is 382 g/mol. The van der Waals surface area contributed by atoms with E-state index in [2.05, 4.69) is 10.00 Å². The molecule has 1 atom stereocenters. The fraction of sp³-hybridized carbons (Fsp3) is 0.526. The number of aromatic nitrogens is 2. The summed E-state index contributed by atoms with van der Waals surface area (Å²) in [5.41, 5.74) is 0.712. The van der Waals surface area contributed by atoms with Crippen LogP contribution >= 0.6 is 12.2 Å². The van der Waals surface area contributed by atoms with Crippen LogP contribution in [0, 0.1) is 10.8 Å². The number of nitrogens with zero attached hydrogens (tertiary/aromatic N) is 3. The van der Waals surface area contributed by atoms with Crippen LogP contribution in [0.5, 0.6) is 11.5 Å². The van der Waals surface area contributed by atoms with Crippen molar-refractivity contribution in [1.29, 1.82) is 0 Å². The number of piperidine rings is 1. The first-order chi connectivity index (χ1) is 13.5. The van der Waals surface area contributed by atoms with Gasteiger partial charge in [0.05, 0.1) is 33.4 Å². The number of carbonyl (C=O) groups excluding carboxylic acids is 1. The fourth-order valence-corrected chi connectivity index (χ4v) is 3.45. The van der Waals surface area contributed by atoms with E-state index in [1.165, 1.54) is 0 Å². The Bertz CT molecular complexity index is 856. The predicted octanol–water partition coefficient (Wildman–Crippen LogP) is 3.12. The van der Waals surface area contributed by atoms with Crippen molar-refractivity contribution >= 4 is 18.2 Å². The molecule has 1 aliphatic heterocycles. The molecule has 1 saturated heterocycles. The molecule has 0 N–H and O–H groups in total. The predicted molar refractivity (Wildman–Crippen MR) is 105 cm³/mol. The van der Waals surface area contributed by atoms with Gasteiger partial charge in [0.2, 0.25) is 5.89 Å². The molecule has 1 aromatic carbocycles. The Morgan fingerprint density at radius 2 is 2.00 bits per heavy atom. The molecule has 28 heavy (non-hydrogen) atoms.